The average molecular weight is 535 g/mol. The van der Waals surface area contributed by atoms with E-state index in [0.29, 0.717) is 54.2 Å². The average Bonchev–Trinajstić information content (AvgIpc) is 3.30. The number of non-ortho nitro benzene ring substituents is 1. The van der Waals surface area contributed by atoms with Crippen LogP contribution >= 0.6 is 22.9 Å². The van der Waals surface area contributed by atoms with Crippen LogP contribution < -0.4 is 11.1 Å². The van der Waals surface area contributed by atoms with E-state index < -0.39 is 20.9 Å². The predicted molar refractivity (Wildman–Crippen MR) is 136 cm³/mol. The minimum absolute atomic E-state index is 0.00570. The number of rotatable bonds is 8. The first kappa shape index (κ1) is 25.1. The molecule has 184 valence electrons. The molecule has 1 aromatic heterocycles. The van der Waals surface area contributed by atoms with Gasteiger partial charge in [0.2, 0.25) is 5.91 Å². The molecule has 12 heteroatoms. The van der Waals surface area contributed by atoms with Gasteiger partial charge in [-0.05, 0) is 54.8 Å². The smallest absolute Gasteiger partial charge is 0.271 e. The molecule has 0 radical (unpaired) electrons. The number of primary amides is 1. The Kier molecular flexibility index (Phi) is 7.41. The van der Waals surface area contributed by atoms with Crippen LogP contribution in [-0.2, 0) is 16.4 Å². The highest BCUT2D eigenvalue weighted by Crippen LogP contribution is 2.31. The Morgan fingerprint density at radius 3 is 2.60 bits per heavy atom. The van der Waals surface area contributed by atoms with Crippen LogP contribution in [0.1, 0.15) is 33.6 Å². The Morgan fingerprint density at radius 1 is 1.17 bits per heavy atom. The molecular formula is C23H23ClN4O5S2. The van der Waals surface area contributed by atoms with Crippen molar-refractivity contribution in [2.45, 2.75) is 29.5 Å². The number of piperidine rings is 1. The van der Waals surface area contributed by atoms with Gasteiger partial charge in [-0.3, -0.25) is 14.9 Å². The lowest BCUT2D eigenvalue weighted by Crippen LogP contribution is -2.42. The lowest BCUT2D eigenvalue weighted by molar-refractivity contribution is -0.384. The zero-order chi connectivity index (χ0) is 25.2. The minimum Gasteiger partial charge on any atom is -0.382 e. The Balaban J connectivity index is 1.40. The first-order valence-electron chi connectivity index (χ1n) is 10.8. The molecule has 3 aromatic rings. The monoisotopic (exact) mass is 534 g/mol. The van der Waals surface area contributed by atoms with Gasteiger partial charge in [0.15, 0.2) is 0 Å². The molecule has 1 amide bonds. The van der Waals surface area contributed by atoms with Crippen molar-refractivity contribution in [1.29, 1.82) is 0 Å². The van der Waals surface area contributed by atoms with Crippen molar-refractivity contribution in [3.05, 3.63) is 85.7 Å². The molecule has 3 N–H and O–H groups in total. The minimum atomic E-state index is -3.65. The number of anilines is 1. The number of benzene rings is 2. The lowest BCUT2D eigenvalue weighted by atomic mass is 10.1. The van der Waals surface area contributed by atoms with Gasteiger partial charge in [-0.15, -0.1) is 11.3 Å². The van der Waals surface area contributed by atoms with Gasteiger partial charge in [-0.25, -0.2) is 8.42 Å². The number of hydrogen-bond donors (Lipinski definition) is 2. The van der Waals surface area contributed by atoms with E-state index in [0.717, 1.165) is 4.88 Å². The van der Waals surface area contributed by atoms with Crippen LogP contribution in [0.2, 0.25) is 5.02 Å². The van der Waals surface area contributed by atoms with Gasteiger partial charge >= 0.3 is 0 Å². The second-order valence-electron chi connectivity index (χ2n) is 8.20. The molecule has 0 bridgehead atoms. The predicted octanol–water partition coefficient (Wildman–Crippen LogP) is 4.26. The summed E-state index contributed by atoms with van der Waals surface area (Å²) in [7, 11) is -3.65. The first-order valence-corrected chi connectivity index (χ1v) is 13.4. The molecule has 0 spiro atoms. The quantitative estimate of drug-likeness (QED) is 0.327. The van der Waals surface area contributed by atoms with Gasteiger partial charge in [-0.1, -0.05) is 17.7 Å². The number of nitrogens with two attached hydrogens (primary N) is 1. The summed E-state index contributed by atoms with van der Waals surface area (Å²) in [5.41, 5.74) is 7.03. The number of carbonyl (C=O) groups is 1. The maximum Gasteiger partial charge on any atom is 0.271 e. The van der Waals surface area contributed by atoms with Crippen LogP contribution in [-0.4, -0.2) is 42.7 Å². The number of hydrogen-bond acceptors (Lipinski definition) is 7. The second kappa shape index (κ2) is 10.3. The summed E-state index contributed by atoms with van der Waals surface area (Å²) < 4.78 is 28.1. The van der Waals surface area contributed by atoms with E-state index in [1.807, 2.05) is 0 Å². The standard InChI is InChI=1S/C23H23ClN4O5S2/c24-21-6-4-15(23(25)29)12-16(21)13-20-5-7-22(34-20)35(32,33)27-10-8-17(9-11-27)26-18-2-1-3-19(14-18)28(30)31/h1-7,12,14,17,26H,8-11,13H2,(H2,25,29). The number of halogens is 1. The van der Waals surface area contributed by atoms with Gasteiger partial charge in [0.1, 0.15) is 4.21 Å². The van der Waals surface area contributed by atoms with E-state index in [1.165, 1.54) is 27.8 Å². The summed E-state index contributed by atoms with van der Waals surface area (Å²) in [5.74, 6) is -0.555. The molecule has 0 atom stereocenters. The summed E-state index contributed by atoms with van der Waals surface area (Å²) >= 11 is 7.43. The zero-order valence-electron chi connectivity index (χ0n) is 18.5. The molecule has 0 unspecified atom stereocenters. The molecule has 35 heavy (non-hydrogen) atoms. The maximum atomic E-state index is 13.2. The number of nitrogens with one attached hydrogen (secondary N) is 1. The van der Waals surface area contributed by atoms with Crippen molar-refractivity contribution in [1.82, 2.24) is 4.31 Å². The third kappa shape index (κ3) is 5.81. The van der Waals surface area contributed by atoms with Crippen LogP contribution in [0.3, 0.4) is 0 Å². The number of sulfonamides is 1. The third-order valence-electron chi connectivity index (χ3n) is 5.81. The van der Waals surface area contributed by atoms with Crippen LogP contribution in [0.15, 0.2) is 58.8 Å². The third-order valence-corrected chi connectivity index (χ3v) is 9.63. The summed E-state index contributed by atoms with van der Waals surface area (Å²) in [5, 5.41) is 14.7. The second-order valence-corrected chi connectivity index (χ2v) is 11.9. The van der Waals surface area contributed by atoms with Crippen molar-refractivity contribution in [2.24, 2.45) is 5.73 Å². The van der Waals surface area contributed by atoms with Gasteiger partial charge in [0.25, 0.3) is 15.7 Å². The van der Waals surface area contributed by atoms with Crippen LogP contribution in [0.4, 0.5) is 11.4 Å². The van der Waals surface area contributed by atoms with E-state index in [4.69, 9.17) is 17.3 Å². The number of nitro groups is 1. The highest BCUT2D eigenvalue weighted by molar-refractivity contribution is 7.91. The maximum absolute atomic E-state index is 13.2. The fraction of sp³-hybridized carbons (Fsp3) is 0.261. The number of carbonyl (C=O) groups excluding carboxylic acids is 1. The molecule has 1 fully saturated rings. The molecule has 2 aromatic carbocycles. The summed E-state index contributed by atoms with van der Waals surface area (Å²) in [4.78, 5) is 22.8. The van der Waals surface area contributed by atoms with Crippen molar-refractivity contribution in [3.8, 4) is 0 Å². The Labute approximate surface area is 211 Å². The van der Waals surface area contributed by atoms with Crippen molar-refractivity contribution < 1.29 is 18.1 Å². The van der Waals surface area contributed by atoms with Crippen molar-refractivity contribution >= 4 is 50.2 Å². The van der Waals surface area contributed by atoms with Crippen LogP contribution in [0.25, 0.3) is 0 Å². The van der Waals surface area contributed by atoms with E-state index in [2.05, 4.69) is 5.32 Å². The molecule has 1 saturated heterocycles. The molecule has 4 rings (SSSR count). The fourth-order valence-electron chi connectivity index (χ4n) is 3.96. The highest BCUT2D eigenvalue weighted by Gasteiger charge is 2.30. The first-order chi connectivity index (χ1) is 16.6. The molecule has 1 aliphatic rings. The fourth-order valence-corrected chi connectivity index (χ4v) is 7.14. The van der Waals surface area contributed by atoms with Gasteiger partial charge in [-0.2, -0.15) is 4.31 Å². The van der Waals surface area contributed by atoms with Gasteiger partial charge in [0, 0.05) is 58.8 Å². The van der Waals surface area contributed by atoms with Crippen LogP contribution in [0.5, 0.6) is 0 Å². The molecule has 0 aliphatic carbocycles. The molecule has 2 heterocycles. The zero-order valence-corrected chi connectivity index (χ0v) is 20.9. The SMILES string of the molecule is NC(=O)c1ccc(Cl)c(Cc2ccc(S(=O)(=O)N3CCC(Nc4cccc([N+](=O)[O-])c4)CC3)s2)c1. The summed E-state index contributed by atoms with van der Waals surface area (Å²) in [6, 6.07) is 14.4. The molecule has 1 aliphatic heterocycles. The van der Waals surface area contributed by atoms with E-state index >= 15 is 0 Å². The van der Waals surface area contributed by atoms with Crippen molar-refractivity contribution in [3.63, 3.8) is 0 Å². The van der Waals surface area contributed by atoms with Crippen molar-refractivity contribution in [2.75, 3.05) is 18.4 Å². The highest BCUT2D eigenvalue weighted by atomic mass is 35.5. The molecular weight excluding hydrogens is 512 g/mol. The number of nitro benzene ring substituents is 1. The Morgan fingerprint density at radius 2 is 1.91 bits per heavy atom. The lowest BCUT2D eigenvalue weighted by Gasteiger charge is -2.31. The van der Waals surface area contributed by atoms with Gasteiger partial charge < -0.3 is 11.1 Å². The van der Waals surface area contributed by atoms with Gasteiger partial charge in [0.05, 0.1) is 4.92 Å². The Bertz CT molecular complexity index is 1370. The summed E-state index contributed by atoms with van der Waals surface area (Å²) in [6.07, 6.45) is 1.54. The van der Waals surface area contributed by atoms with Crippen LogP contribution in [0, 0.1) is 10.1 Å². The number of nitrogens with zero attached hydrogens (tertiary/aromatic N) is 2. The normalized spacial score (nSPS) is 15.1. The Hall–Kier alpha value is -2.99. The number of amides is 1. The van der Waals surface area contributed by atoms with E-state index in [1.54, 1.807) is 42.5 Å². The van der Waals surface area contributed by atoms with E-state index in [-0.39, 0.29) is 15.9 Å². The number of thiophene rings is 1. The summed E-state index contributed by atoms with van der Waals surface area (Å²) in [6.45, 7) is 0.684. The van der Waals surface area contributed by atoms with E-state index in [9.17, 15) is 23.3 Å². The largest absolute Gasteiger partial charge is 0.382 e. The molecule has 9 nitrogen and oxygen atoms in total. The topological polar surface area (TPSA) is 136 Å². The molecule has 0 saturated carbocycles.